The first-order chi connectivity index (χ1) is 18.0. The maximum absolute atomic E-state index is 9.56. The number of aromatic nitrogens is 1. The van der Waals surface area contributed by atoms with Crippen molar-refractivity contribution in [2.75, 3.05) is 23.9 Å². The summed E-state index contributed by atoms with van der Waals surface area (Å²) < 4.78 is 11.7. The van der Waals surface area contributed by atoms with Crippen LogP contribution in [0.15, 0.2) is 65.7 Å². The topological polar surface area (TPSA) is 167 Å². The average Bonchev–Trinajstić information content (AvgIpc) is 2.91. The zero-order valence-corrected chi connectivity index (χ0v) is 19.8. The van der Waals surface area contributed by atoms with Crippen molar-refractivity contribution < 1.29 is 9.47 Å². The Kier molecular flexibility index (Phi) is 6.06. The lowest BCUT2D eigenvalue weighted by atomic mass is 9.94. The SMILES string of the molecule is COc1ccc(C2N=C(NC#N)Nc3nc(N)c(C#N)c(N)c32)cc1COc1ccc2ccccc2c1. The van der Waals surface area contributed by atoms with Crippen molar-refractivity contribution in [3.8, 4) is 23.8 Å². The van der Waals surface area contributed by atoms with Gasteiger partial charge in [0.2, 0.25) is 5.96 Å². The number of anilines is 3. The Morgan fingerprint density at radius 1 is 1.05 bits per heavy atom. The number of nitrogen functional groups attached to an aromatic ring is 2. The Balaban J connectivity index is 1.53. The van der Waals surface area contributed by atoms with E-state index in [1.165, 1.54) is 0 Å². The summed E-state index contributed by atoms with van der Waals surface area (Å²) >= 11 is 0. The van der Waals surface area contributed by atoms with E-state index in [4.69, 9.17) is 26.2 Å². The zero-order valence-electron chi connectivity index (χ0n) is 19.8. The highest BCUT2D eigenvalue weighted by Gasteiger charge is 2.30. The van der Waals surface area contributed by atoms with Crippen LogP contribution in [-0.4, -0.2) is 18.1 Å². The van der Waals surface area contributed by atoms with Gasteiger partial charge < -0.3 is 26.3 Å². The molecule has 0 saturated heterocycles. The summed E-state index contributed by atoms with van der Waals surface area (Å²) in [5.74, 6) is 1.85. The number of benzene rings is 3. The number of nitrogens with two attached hydrogens (primary N) is 2. The lowest BCUT2D eigenvalue weighted by molar-refractivity contribution is 0.297. The van der Waals surface area contributed by atoms with Crippen LogP contribution in [0.3, 0.4) is 0 Å². The summed E-state index contributed by atoms with van der Waals surface area (Å²) in [6, 6.07) is 20.9. The standard InChI is InChI=1S/C27H22N8O2/c1-36-21-9-7-17(10-18(21)13-37-19-8-6-15-4-2-3-5-16(15)11-19)24-22-23(30)20(12-28)25(31)34-26(22)35-27(33-24)32-14-29/h2-11,24H,13H2,1H3,(H6,30,31,32,33,34,35). The number of pyridine rings is 1. The molecule has 1 aliphatic heterocycles. The molecule has 1 aliphatic rings. The average molecular weight is 491 g/mol. The van der Waals surface area contributed by atoms with E-state index in [9.17, 15) is 5.26 Å². The smallest absolute Gasteiger partial charge is 0.211 e. The van der Waals surface area contributed by atoms with Gasteiger partial charge in [-0.1, -0.05) is 36.4 Å². The minimum Gasteiger partial charge on any atom is -0.496 e. The summed E-state index contributed by atoms with van der Waals surface area (Å²) in [4.78, 5) is 8.91. The van der Waals surface area contributed by atoms with Crippen molar-refractivity contribution in [2.24, 2.45) is 4.99 Å². The van der Waals surface area contributed by atoms with Gasteiger partial charge in [-0.2, -0.15) is 10.5 Å². The Bertz CT molecular complexity index is 1630. The van der Waals surface area contributed by atoms with Gasteiger partial charge >= 0.3 is 0 Å². The quantitative estimate of drug-likeness (QED) is 0.240. The third kappa shape index (κ3) is 4.35. The van der Waals surface area contributed by atoms with Gasteiger partial charge in [0.05, 0.1) is 12.8 Å². The number of ether oxygens (including phenoxy) is 2. The molecule has 6 N–H and O–H groups in total. The van der Waals surface area contributed by atoms with Crippen molar-refractivity contribution in [2.45, 2.75) is 12.6 Å². The van der Waals surface area contributed by atoms with Crippen LogP contribution in [0.2, 0.25) is 0 Å². The summed E-state index contributed by atoms with van der Waals surface area (Å²) in [6.45, 7) is 0.235. The van der Waals surface area contributed by atoms with Crippen LogP contribution >= 0.6 is 0 Å². The van der Waals surface area contributed by atoms with Crippen molar-refractivity contribution >= 4 is 34.1 Å². The van der Waals surface area contributed by atoms with Gasteiger partial charge in [-0.3, -0.25) is 5.32 Å². The second-order valence-corrected chi connectivity index (χ2v) is 8.27. The fourth-order valence-corrected chi connectivity index (χ4v) is 4.32. The number of nitriles is 2. The van der Waals surface area contributed by atoms with Crippen LogP contribution in [0.5, 0.6) is 11.5 Å². The molecule has 10 heteroatoms. The second kappa shape index (κ2) is 9.64. The minimum atomic E-state index is -0.669. The molecule has 0 spiro atoms. The molecule has 0 amide bonds. The predicted octanol–water partition coefficient (Wildman–Crippen LogP) is 3.80. The monoisotopic (exact) mass is 490 g/mol. The number of methoxy groups -OCH3 is 1. The van der Waals surface area contributed by atoms with Gasteiger partial charge in [-0.25, -0.2) is 9.98 Å². The molecule has 1 aromatic heterocycles. The van der Waals surface area contributed by atoms with Crippen LogP contribution in [-0.2, 0) is 6.61 Å². The van der Waals surface area contributed by atoms with Crippen LogP contribution in [0, 0.1) is 22.8 Å². The first-order valence-electron chi connectivity index (χ1n) is 11.3. The van der Waals surface area contributed by atoms with E-state index in [1.54, 1.807) is 7.11 Å². The number of nitrogens with zero attached hydrogens (tertiary/aromatic N) is 4. The van der Waals surface area contributed by atoms with Crippen molar-refractivity contribution in [3.63, 3.8) is 0 Å². The van der Waals surface area contributed by atoms with Crippen LogP contribution < -0.4 is 31.6 Å². The molecular formula is C27H22N8O2. The van der Waals surface area contributed by atoms with Gasteiger partial charge in [0, 0.05) is 11.1 Å². The summed E-state index contributed by atoms with van der Waals surface area (Å²) in [5.41, 5.74) is 14.5. The first-order valence-corrected chi connectivity index (χ1v) is 11.3. The Hall–Kier alpha value is -5.48. The molecule has 0 bridgehead atoms. The fraction of sp³-hybridized carbons (Fsp3) is 0.111. The summed E-state index contributed by atoms with van der Waals surface area (Å²) in [7, 11) is 1.59. The summed E-state index contributed by atoms with van der Waals surface area (Å²) in [6.07, 6.45) is 1.85. The van der Waals surface area contributed by atoms with Gasteiger partial charge in [0.25, 0.3) is 0 Å². The highest BCUT2D eigenvalue weighted by Crippen LogP contribution is 2.41. The number of hydrogen-bond donors (Lipinski definition) is 4. The molecule has 0 saturated carbocycles. The van der Waals surface area contributed by atoms with Crippen molar-refractivity contribution in [1.29, 1.82) is 10.5 Å². The number of nitrogens with one attached hydrogen (secondary N) is 2. The Morgan fingerprint density at radius 3 is 2.62 bits per heavy atom. The van der Waals surface area contributed by atoms with Crippen molar-refractivity contribution in [1.82, 2.24) is 10.3 Å². The molecule has 0 radical (unpaired) electrons. The maximum atomic E-state index is 9.56. The van der Waals surface area contributed by atoms with Crippen LogP contribution in [0.4, 0.5) is 17.3 Å². The van der Waals surface area contributed by atoms with Gasteiger partial charge in [0.15, 0.2) is 6.19 Å². The third-order valence-corrected chi connectivity index (χ3v) is 6.09. The number of guanidine groups is 1. The van der Waals surface area contributed by atoms with E-state index in [2.05, 4.69) is 20.6 Å². The van der Waals surface area contributed by atoms with Crippen molar-refractivity contribution in [3.05, 3.63) is 82.9 Å². The predicted molar refractivity (Wildman–Crippen MR) is 141 cm³/mol. The van der Waals surface area contributed by atoms with E-state index >= 15 is 0 Å². The molecule has 5 rings (SSSR count). The third-order valence-electron chi connectivity index (χ3n) is 6.09. The molecule has 2 heterocycles. The first kappa shape index (κ1) is 23.3. The Labute approximate surface area is 212 Å². The van der Waals surface area contributed by atoms with E-state index in [1.807, 2.05) is 72.9 Å². The highest BCUT2D eigenvalue weighted by molar-refractivity contribution is 5.98. The van der Waals surface area contributed by atoms with Gasteiger partial charge in [-0.15, -0.1) is 0 Å². The van der Waals surface area contributed by atoms with E-state index in [0.717, 1.165) is 27.6 Å². The molecule has 10 nitrogen and oxygen atoms in total. The van der Waals surface area contributed by atoms with E-state index in [0.29, 0.717) is 17.1 Å². The molecular weight excluding hydrogens is 468 g/mol. The molecule has 1 atom stereocenters. The number of aliphatic imine (C=N–C) groups is 1. The second-order valence-electron chi connectivity index (χ2n) is 8.27. The largest absolute Gasteiger partial charge is 0.496 e. The van der Waals surface area contributed by atoms with Crippen LogP contribution in [0.25, 0.3) is 10.8 Å². The number of rotatable bonds is 5. The fourth-order valence-electron chi connectivity index (χ4n) is 4.32. The van der Waals surface area contributed by atoms with E-state index in [-0.39, 0.29) is 29.6 Å². The molecule has 0 aliphatic carbocycles. The lowest BCUT2D eigenvalue weighted by Crippen LogP contribution is -2.32. The summed E-state index contributed by atoms with van der Waals surface area (Å²) in [5, 5.41) is 26.3. The molecule has 3 aromatic carbocycles. The minimum absolute atomic E-state index is 0.0117. The molecule has 1 unspecified atom stereocenters. The van der Waals surface area contributed by atoms with E-state index < -0.39 is 6.04 Å². The molecule has 182 valence electrons. The normalized spacial score (nSPS) is 13.9. The molecule has 37 heavy (non-hydrogen) atoms. The lowest BCUT2D eigenvalue weighted by Gasteiger charge is -2.26. The number of fused-ring (bicyclic) bond motifs is 2. The molecule has 4 aromatic rings. The van der Waals surface area contributed by atoms with Gasteiger partial charge in [-0.05, 0) is 40.6 Å². The maximum Gasteiger partial charge on any atom is 0.211 e. The van der Waals surface area contributed by atoms with Gasteiger partial charge in [0.1, 0.15) is 47.4 Å². The number of hydrogen-bond acceptors (Lipinski definition) is 10. The van der Waals surface area contributed by atoms with Crippen LogP contribution in [0.1, 0.15) is 28.3 Å². The zero-order chi connectivity index (χ0) is 25.9. The highest BCUT2D eigenvalue weighted by atomic mass is 16.5. The Morgan fingerprint density at radius 2 is 1.86 bits per heavy atom. The molecule has 0 fully saturated rings.